The highest BCUT2D eigenvalue weighted by Crippen LogP contribution is 2.31. The van der Waals surface area contributed by atoms with Gasteiger partial charge in [-0.3, -0.25) is 4.98 Å². The number of nitrogens with one attached hydrogen (secondary N) is 1. The summed E-state index contributed by atoms with van der Waals surface area (Å²) >= 11 is 0. The second kappa shape index (κ2) is 6.30. The fourth-order valence-electron chi connectivity index (χ4n) is 2.32. The van der Waals surface area contributed by atoms with Crippen molar-refractivity contribution >= 4 is 11.7 Å². The molecular weight excluding hydrogens is 287 g/mol. The maximum atomic E-state index is 12.4. The number of likely N-dealkylation sites (tertiary alicyclic amines) is 1. The van der Waals surface area contributed by atoms with Crippen molar-refractivity contribution in [1.82, 2.24) is 9.88 Å². The van der Waals surface area contributed by atoms with Crippen LogP contribution in [0.2, 0.25) is 0 Å². The van der Waals surface area contributed by atoms with E-state index in [0.717, 1.165) is 0 Å². The Kier molecular flexibility index (Phi) is 4.66. The van der Waals surface area contributed by atoms with Crippen LogP contribution >= 0.6 is 0 Å². The quantitative estimate of drug-likeness (QED) is 0.880. The average molecular weight is 303 g/mol. The molecule has 1 aromatic heterocycles. The summed E-state index contributed by atoms with van der Waals surface area (Å²) in [6.07, 6.45) is -3.62. The molecule has 0 aromatic carbocycles. The Labute approximate surface area is 119 Å². The minimum absolute atomic E-state index is 0.126. The molecule has 116 valence electrons. The van der Waals surface area contributed by atoms with Crippen LogP contribution in [-0.2, 0) is 0 Å². The molecule has 1 aliphatic heterocycles. The van der Waals surface area contributed by atoms with Gasteiger partial charge in [-0.25, -0.2) is 4.79 Å². The number of nitrogens with zero attached hydrogens (tertiary/aromatic N) is 2. The number of rotatable bonds is 2. The van der Waals surface area contributed by atoms with E-state index in [9.17, 15) is 23.1 Å². The monoisotopic (exact) mass is 303 g/mol. The van der Waals surface area contributed by atoms with Gasteiger partial charge in [-0.2, -0.15) is 13.2 Å². The highest BCUT2D eigenvalue weighted by molar-refractivity contribution is 5.89. The SMILES string of the molecule is O=C(Nc1cccnc1)N1CCC(C(O)C(F)(F)F)CC1. The predicted octanol–water partition coefficient (Wildman–Crippen LogP) is 2.25. The lowest BCUT2D eigenvalue weighted by Gasteiger charge is -2.34. The Hall–Kier alpha value is -1.83. The highest BCUT2D eigenvalue weighted by Gasteiger charge is 2.44. The summed E-state index contributed by atoms with van der Waals surface area (Å²) in [6.45, 7) is 0.369. The number of pyridine rings is 1. The zero-order valence-corrected chi connectivity index (χ0v) is 11.2. The first kappa shape index (κ1) is 15.6. The van der Waals surface area contributed by atoms with E-state index < -0.39 is 18.2 Å². The summed E-state index contributed by atoms with van der Waals surface area (Å²) in [6, 6.07) is 2.97. The molecule has 0 radical (unpaired) electrons. The molecule has 0 bridgehead atoms. The van der Waals surface area contributed by atoms with Crippen molar-refractivity contribution in [3.05, 3.63) is 24.5 Å². The first-order valence-corrected chi connectivity index (χ1v) is 6.58. The fourth-order valence-corrected chi connectivity index (χ4v) is 2.32. The van der Waals surface area contributed by atoms with E-state index in [1.807, 2.05) is 0 Å². The van der Waals surface area contributed by atoms with Crippen LogP contribution < -0.4 is 5.32 Å². The molecule has 8 heteroatoms. The van der Waals surface area contributed by atoms with Crippen molar-refractivity contribution in [3.8, 4) is 0 Å². The Morgan fingerprint density at radius 2 is 2.10 bits per heavy atom. The van der Waals surface area contributed by atoms with Crippen LogP contribution in [0.4, 0.5) is 23.7 Å². The molecule has 0 saturated carbocycles. The van der Waals surface area contributed by atoms with Crippen LogP contribution in [0.5, 0.6) is 0 Å². The molecule has 5 nitrogen and oxygen atoms in total. The third kappa shape index (κ3) is 4.07. The van der Waals surface area contributed by atoms with E-state index in [2.05, 4.69) is 10.3 Å². The maximum Gasteiger partial charge on any atom is 0.414 e. The van der Waals surface area contributed by atoms with E-state index in [4.69, 9.17) is 0 Å². The second-order valence-corrected chi connectivity index (χ2v) is 4.98. The van der Waals surface area contributed by atoms with Crippen LogP contribution in [0.15, 0.2) is 24.5 Å². The molecule has 1 aromatic rings. The molecule has 1 saturated heterocycles. The Morgan fingerprint density at radius 1 is 1.43 bits per heavy atom. The molecular formula is C13H16F3N3O2. The van der Waals surface area contributed by atoms with Crippen molar-refractivity contribution in [3.63, 3.8) is 0 Å². The molecule has 2 rings (SSSR count). The van der Waals surface area contributed by atoms with E-state index in [1.165, 1.54) is 11.1 Å². The van der Waals surface area contributed by atoms with Gasteiger partial charge in [0, 0.05) is 19.3 Å². The van der Waals surface area contributed by atoms with Gasteiger partial charge < -0.3 is 15.3 Å². The number of hydrogen-bond acceptors (Lipinski definition) is 3. The highest BCUT2D eigenvalue weighted by atomic mass is 19.4. The predicted molar refractivity (Wildman–Crippen MR) is 69.6 cm³/mol. The molecule has 0 aliphatic carbocycles. The number of alkyl halides is 3. The third-order valence-corrected chi connectivity index (χ3v) is 3.52. The Morgan fingerprint density at radius 3 is 2.62 bits per heavy atom. The van der Waals surface area contributed by atoms with Crippen LogP contribution in [0.1, 0.15) is 12.8 Å². The van der Waals surface area contributed by atoms with Gasteiger partial charge in [-0.05, 0) is 30.9 Å². The summed E-state index contributed by atoms with van der Waals surface area (Å²) in [7, 11) is 0. The van der Waals surface area contributed by atoms with Crippen molar-refractivity contribution in [2.24, 2.45) is 5.92 Å². The number of carbonyl (C=O) groups excluding carboxylic acids is 1. The number of hydrogen-bond donors (Lipinski definition) is 2. The van der Waals surface area contributed by atoms with Gasteiger partial charge in [-0.15, -0.1) is 0 Å². The standard InChI is InChI=1S/C13H16F3N3O2/c14-13(15,16)11(20)9-3-6-19(7-4-9)12(21)18-10-2-1-5-17-8-10/h1-2,5,8-9,11,20H,3-4,6-7H2,(H,18,21). The maximum absolute atomic E-state index is 12.4. The van der Waals surface area contributed by atoms with Crippen LogP contribution in [-0.4, -0.2) is 46.4 Å². The van der Waals surface area contributed by atoms with Crippen molar-refractivity contribution in [2.45, 2.75) is 25.1 Å². The van der Waals surface area contributed by atoms with Crippen LogP contribution in [0.25, 0.3) is 0 Å². The molecule has 2 amide bonds. The fraction of sp³-hybridized carbons (Fsp3) is 0.538. The zero-order chi connectivity index (χ0) is 15.5. The first-order valence-electron chi connectivity index (χ1n) is 6.58. The molecule has 1 aliphatic rings. The summed E-state index contributed by atoms with van der Waals surface area (Å²) in [5.74, 6) is -0.854. The number of urea groups is 1. The minimum Gasteiger partial charge on any atom is -0.383 e. The summed E-state index contributed by atoms with van der Waals surface area (Å²) < 4.78 is 37.3. The van der Waals surface area contributed by atoms with Gasteiger partial charge in [-0.1, -0.05) is 0 Å². The molecule has 1 unspecified atom stereocenters. The van der Waals surface area contributed by atoms with Gasteiger partial charge in [0.25, 0.3) is 0 Å². The molecule has 1 fully saturated rings. The molecule has 0 spiro atoms. The average Bonchev–Trinajstić information content (AvgIpc) is 2.46. The topological polar surface area (TPSA) is 65.5 Å². The number of piperidine rings is 1. The van der Waals surface area contributed by atoms with E-state index in [-0.39, 0.29) is 32.0 Å². The molecule has 1 atom stereocenters. The van der Waals surface area contributed by atoms with E-state index >= 15 is 0 Å². The van der Waals surface area contributed by atoms with Crippen molar-refractivity contribution in [1.29, 1.82) is 0 Å². The molecule has 2 heterocycles. The smallest absolute Gasteiger partial charge is 0.383 e. The van der Waals surface area contributed by atoms with Crippen molar-refractivity contribution < 1.29 is 23.1 Å². The van der Waals surface area contributed by atoms with Crippen molar-refractivity contribution in [2.75, 3.05) is 18.4 Å². The number of aliphatic hydroxyl groups excluding tert-OH is 1. The van der Waals surface area contributed by atoms with E-state index in [0.29, 0.717) is 5.69 Å². The van der Waals surface area contributed by atoms with E-state index in [1.54, 1.807) is 18.3 Å². The number of carbonyl (C=O) groups is 1. The normalized spacial score (nSPS) is 18.4. The first-order chi connectivity index (χ1) is 9.88. The zero-order valence-electron chi connectivity index (χ0n) is 11.2. The lowest BCUT2D eigenvalue weighted by molar-refractivity contribution is -0.222. The number of aromatic nitrogens is 1. The Balaban J connectivity index is 1.85. The minimum atomic E-state index is -4.61. The lowest BCUT2D eigenvalue weighted by atomic mass is 9.91. The molecule has 2 N–H and O–H groups in total. The number of halogens is 3. The summed E-state index contributed by atoms with van der Waals surface area (Å²) in [5, 5.41) is 11.8. The Bertz CT molecular complexity index is 473. The number of aliphatic hydroxyl groups is 1. The van der Waals surface area contributed by atoms with Gasteiger partial charge >= 0.3 is 12.2 Å². The molecule has 21 heavy (non-hydrogen) atoms. The van der Waals surface area contributed by atoms with Crippen LogP contribution in [0, 0.1) is 5.92 Å². The summed E-state index contributed by atoms with van der Waals surface area (Å²) in [4.78, 5) is 17.2. The number of anilines is 1. The second-order valence-electron chi connectivity index (χ2n) is 4.98. The van der Waals surface area contributed by atoms with Gasteiger partial charge in [0.15, 0.2) is 6.10 Å². The lowest BCUT2D eigenvalue weighted by Crippen LogP contribution is -2.46. The van der Waals surface area contributed by atoms with Gasteiger partial charge in [0.2, 0.25) is 0 Å². The third-order valence-electron chi connectivity index (χ3n) is 3.52. The van der Waals surface area contributed by atoms with Gasteiger partial charge in [0.05, 0.1) is 11.9 Å². The van der Waals surface area contributed by atoms with Crippen LogP contribution in [0.3, 0.4) is 0 Å². The van der Waals surface area contributed by atoms with Gasteiger partial charge in [0.1, 0.15) is 0 Å². The number of amides is 2. The largest absolute Gasteiger partial charge is 0.414 e. The summed E-state index contributed by atoms with van der Waals surface area (Å²) in [5.41, 5.74) is 0.528.